The molecule has 0 amide bonds. The van der Waals surface area contributed by atoms with Crippen LogP contribution in [-0.2, 0) is 11.3 Å². The minimum absolute atomic E-state index is 0.632. The molecule has 1 aromatic rings. The highest BCUT2D eigenvalue weighted by Gasteiger charge is 2.08. The number of rotatable bonds is 7. The average Bonchev–Trinajstić information content (AvgIpc) is 2.34. The van der Waals surface area contributed by atoms with Gasteiger partial charge in [-0.3, -0.25) is 0 Å². The molecule has 1 N–H and O–H groups in total. The van der Waals surface area contributed by atoms with Gasteiger partial charge in [0, 0.05) is 29.4 Å². The average molecular weight is 300 g/mol. The molecule has 1 aromatic carbocycles. The lowest BCUT2D eigenvalue weighted by atomic mass is 10.0. The fraction of sp³-hybridized carbons (Fsp3) is 0.571. The molecule has 0 aliphatic rings. The van der Waals surface area contributed by atoms with Crippen LogP contribution < -0.4 is 5.32 Å². The summed E-state index contributed by atoms with van der Waals surface area (Å²) in [5.41, 5.74) is 2.37. The van der Waals surface area contributed by atoms with Crippen LogP contribution in [0.25, 0.3) is 0 Å². The minimum atomic E-state index is 0.632. The second kappa shape index (κ2) is 7.72. The molecule has 2 nitrogen and oxygen atoms in total. The fourth-order valence-electron chi connectivity index (χ4n) is 1.85. The van der Waals surface area contributed by atoms with Crippen LogP contribution in [0, 0.1) is 5.92 Å². The summed E-state index contributed by atoms with van der Waals surface area (Å²) in [6, 6.07) is 6.22. The molecule has 0 fully saturated rings. The number of anilines is 1. The predicted molar refractivity (Wildman–Crippen MR) is 77.4 cm³/mol. The number of halogens is 1. The van der Waals surface area contributed by atoms with E-state index in [-0.39, 0.29) is 0 Å². The Morgan fingerprint density at radius 3 is 2.59 bits per heavy atom. The van der Waals surface area contributed by atoms with Crippen molar-refractivity contribution in [3.8, 4) is 0 Å². The molecule has 0 aliphatic carbocycles. The molecule has 0 bridgehead atoms. The maximum Gasteiger partial charge on any atom is 0.0744 e. The first-order valence-electron chi connectivity index (χ1n) is 6.23. The van der Waals surface area contributed by atoms with Gasteiger partial charge < -0.3 is 10.1 Å². The summed E-state index contributed by atoms with van der Waals surface area (Å²) in [5.74, 6) is 0.740. The van der Waals surface area contributed by atoms with E-state index in [0.29, 0.717) is 6.61 Å². The molecule has 3 heteroatoms. The summed E-state index contributed by atoms with van der Waals surface area (Å²) in [5, 5.41) is 3.53. The first kappa shape index (κ1) is 14.5. The normalized spacial score (nSPS) is 10.9. The second-order valence-corrected chi connectivity index (χ2v) is 5.12. The van der Waals surface area contributed by atoms with Gasteiger partial charge in [0.05, 0.1) is 6.61 Å². The van der Waals surface area contributed by atoms with Crippen LogP contribution in [0.15, 0.2) is 22.7 Å². The first-order valence-corrected chi connectivity index (χ1v) is 7.02. The molecule has 0 spiro atoms. The highest BCUT2D eigenvalue weighted by Crippen LogP contribution is 2.26. The molecule has 0 aromatic heterocycles. The van der Waals surface area contributed by atoms with Gasteiger partial charge in [0.1, 0.15) is 0 Å². The zero-order valence-electron chi connectivity index (χ0n) is 10.9. The van der Waals surface area contributed by atoms with Crippen molar-refractivity contribution in [1.82, 2.24) is 0 Å². The van der Waals surface area contributed by atoms with E-state index in [2.05, 4.69) is 53.3 Å². The van der Waals surface area contributed by atoms with E-state index in [0.717, 1.165) is 16.9 Å². The van der Waals surface area contributed by atoms with Crippen molar-refractivity contribution in [2.75, 3.05) is 19.0 Å². The molecule has 0 atom stereocenters. The van der Waals surface area contributed by atoms with Gasteiger partial charge in [-0.25, -0.2) is 0 Å². The molecular formula is C14H22BrNO. The smallest absolute Gasteiger partial charge is 0.0744 e. The van der Waals surface area contributed by atoms with Gasteiger partial charge in [0.25, 0.3) is 0 Å². The third kappa shape index (κ3) is 4.32. The largest absolute Gasteiger partial charge is 0.384 e. The van der Waals surface area contributed by atoms with Gasteiger partial charge in [-0.05, 0) is 18.1 Å². The van der Waals surface area contributed by atoms with Gasteiger partial charge in [-0.15, -0.1) is 0 Å². The zero-order valence-corrected chi connectivity index (χ0v) is 12.5. The van der Waals surface area contributed by atoms with Crippen LogP contribution in [0.1, 0.15) is 32.3 Å². The lowest BCUT2D eigenvalue weighted by Crippen LogP contribution is -2.14. The van der Waals surface area contributed by atoms with E-state index < -0.39 is 0 Å². The van der Waals surface area contributed by atoms with Gasteiger partial charge in [0.15, 0.2) is 0 Å². The van der Waals surface area contributed by atoms with E-state index in [1.165, 1.54) is 24.1 Å². The van der Waals surface area contributed by atoms with Crippen LogP contribution in [0.3, 0.4) is 0 Å². The summed E-state index contributed by atoms with van der Waals surface area (Å²) in [6.45, 7) is 6.15. The summed E-state index contributed by atoms with van der Waals surface area (Å²) in [6.07, 6.45) is 2.44. The van der Waals surface area contributed by atoms with E-state index in [1.807, 2.05) is 0 Å². The van der Waals surface area contributed by atoms with Crippen LogP contribution in [-0.4, -0.2) is 13.7 Å². The molecule has 17 heavy (non-hydrogen) atoms. The van der Waals surface area contributed by atoms with Crippen molar-refractivity contribution < 1.29 is 4.74 Å². The quantitative estimate of drug-likeness (QED) is 0.803. The number of hydrogen-bond acceptors (Lipinski definition) is 2. The lowest BCUT2D eigenvalue weighted by Gasteiger charge is -2.17. The van der Waals surface area contributed by atoms with Gasteiger partial charge in [-0.2, -0.15) is 0 Å². The third-order valence-corrected chi connectivity index (χ3v) is 3.89. The van der Waals surface area contributed by atoms with Crippen molar-refractivity contribution in [2.45, 2.75) is 33.3 Å². The monoisotopic (exact) mass is 299 g/mol. The van der Waals surface area contributed by atoms with E-state index in [9.17, 15) is 0 Å². The molecular weight excluding hydrogens is 278 g/mol. The van der Waals surface area contributed by atoms with Crippen molar-refractivity contribution >= 4 is 21.6 Å². The predicted octanol–water partition coefficient (Wildman–Crippen LogP) is 4.44. The van der Waals surface area contributed by atoms with Crippen molar-refractivity contribution in [1.29, 1.82) is 0 Å². The topological polar surface area (TPSA) is 21.3 Å². The van der Waals surface area contributed by atoms with Gasteiger partial charge in [0.2, 0.25) is 0 Å². The zero-order chi connectivity index (χ0) is 12.7. The molecule has 0 unspecified atom stereocenters. The molecule has 1 rings (SSSR count). The van der Waals surface area contributed by atoms with E-state index >= 15 is 0 Å². The van der Waals surface area contributed by atoms with Crippen molar-refractivity contribution in [2.24, 2.45) is 5.92 Å². The highest BCUT2D eigenvalue weighted by molar-refractivity contribution is 9.10. The number of hydrogen-bond donors (Lipinski definition) is 1. The summed E-state index contributed by atoms with van der Waals surface area (Å²) >= 11 is 3.57. The second-order valence-electron chi connectivity index (χ2n) is 4.26. The van der Waals surface area contributed by atoms with Crippen LogP contribution in [0.5, 0.6) is 0 Å². The van der Waals surface area contributed by atoms with Gasteiger partial charge >= 0.3 is 0 Å². The summed E-state index contributed by atoms with van der Waals surface area (Å²) < 4.78 is 6.34. The van der Waals surface area contributed by atoms with Crippen molar-refractivity contribution in [3.63, 3.8) is 0 Å². The minimum Gasteiger partial charge on any atom is -0.384 e. The molecule has 0 radical (unpaired) electrons. The Morgan fingerprint density at radius 1 is 1.29 bits per heavy atom. The van der Waals surface area contributed by atoms with Crippen LogP contribution in [0.2, 0.25) is 0 Å². The van der Waals surface area contributed by atoms with Crippen LogP contribution in [0.4, 0.5) is 5.69 Å². The molecule has 0 aliphatic heterocycles. The number of nitrogens with one attached hydrogen (secondary N) is 1. The molecule has 0 saturated heterocycles. The Labute approximate surface area is 113 Å². The Hall–Kier alpha value is -0.540. The fourth-order valence-corrected chi connectivity index (χ4v) is 2.33. The SMILES string of the molecule is CCC(CC)CNc1cccc(Br)c1COC. The first-order chi connectivity index (χ1) is 8.22. The molecule has 0 saturated carbocycles. The lowest BCUT2D eigenvalue weighted by molar-refractivity contribution is 0.185. The van der Waals surface area contributed by atoms with E-state index in [1.54, 1.807) is 7.11 Å². The summed E-state index contributed by atoms with van der Waals surface area (Å²) in [4.78, 5) is 0. The maximum atomic E-state index is 5.24. The number of methoxy groups -OCH3 is 1. The Bertz CT molecular complexity index is 337. The molecule has 0 heterocycles. The Kier molecular flexibility index (Phi) is 6.60. The van der Waals surface area contributed by atoms with Crippen LogP contribution >= 0.6 is 15.9 Å². The summed E-state index contributed by atoms with van der Waals surface area (Å²) in [7, 11) is 1.73. The van der Waals surface area contributed by atoms with Crippen molar-refractivity contribution in [3.05, 3.63) is 28.2 Å². The Balaban J connectivity index is 2.72. The van der Waals surface area contributed by atoms with E-state index in [4.69, 9.17) is 4.74 Å². The standard InChI is InChI=1S/C14H22BrNO/c1-4-11(5-2)9-16-14-8-6-7-13(15)12(14)10-17-3/h6-8,11,16H,4-5,9-10H2,1-3H3. The Morgan fingerprint density at radius 2 is 2.00 bits per heavy atom. The highest BCUT2D eigenvalue weighted by atomic mass is 79.9. The van der Waals surface area contributed by atoms with Gasteiger partial charge in [-0.1, -0.05) is 48.7 Å². The number of ether oxygens (including phenoxy) is 1. The maximum absolute atomic E-state index is 5.24. The number of benzene rings is 1. The third-order valence-electron chi connectivity index (χ3n) is 3.14. The molecule has 96 valence electrons.